The first-order valence-electron chi connectivity index (χ1n) is 6.23. The van der Waals surface area contributed by atoms with E-state index in [1.165, 1.54) is 18.2 Å². The van der Waals surface area contributed by atoms with Gasteiger partial charge in [0.15, 0.2) is 5.78 Å². The van der Waals surface area contributed by atoms with Crippen LogP contribution in [0.1, 0.15) is 16.7 Å². The Kier molecular flexibility index (Phi) is 4.30. The molecule has 0 radical (unpaired) electrons. The molecule has 1 aliphatic rings. The summed E-state index contributed by atoms with van der Waals surface area (Å²) < 4.78 is 29.1. The van der Waals surface area contributed by atoms with Gasteiger partial charge in [-0.25, -0.2) is 0 Å². The summed E-state index contributed by atoms with van der Waals surface area (Å²) in [4.78, 5) is 11.5. The molecule has 1 aromatic rings. The Balaban J connectivity index is 2.55. The van der Waals surface area contributed by atoms with E-state index in [2.05, 4.69) is 20.3 Å². The smallest absolute Gasteiger partial charge is 0.283 e. The summed E-state index contributed by atoms with van der Waals surface area (Å²) in [7, 11) is -3.82. The van der Waals surface area contributed by atoms with Gasteiger partial charge in [0.25, 0.3) is 10.0 Å². The fraction of sp³-hybridized carbons (Fsp3) is 0.200. The molecule has 0 heterocycles. The van der Waals surface area contributed by atoms with Gasteiger partial charge in [0.05, 0.1) is 15.1 Å². The van der Waals surface area contributed by atoms with Gasteiger partial charge in [-0.15, -0.1) is 0 Å². The number of sulfonamides is 1. The molecule has 0 aromatic heterocycles. The minimum Gasteiger partial charge on any atom is -0.289 e. The average molecular weight is 368 g/mol. The summed E-state index contributed by atoms with van der Waals surface area (Å²) in [6, 6.07) is 3.62. The Hall–Kier alpha value is -1.53. The predicted octanol–water partition coefficient (Wildman–Crippen LogP) is 3.16. The molecule has 0 bridgehead atoms. The van der Waals surface area contributed by atoms with Crippen molar-refractivity contribution in [3.63, 3.8) is 0 Å². The van der Waals surface area contributed by atoms with Gasteiger partial charge in [0.1, 0.15) is 0 Å². The standard InChI is InChI=1S/C15H14BrNO3S/c1-9-6-10(2)15(11(3)7-9)21(19,20)17-12-4-5-14(18)13(16)8-12/h4-8H,1-3H3. The molecule has 0 atom stereocenters. The highest BCUT2D eigenvalue weighted by Gasteiger charge is 2.20. The largest absolute Gasteiger partial charge is 0.289 e. The van der Waals surface area contributed by atoms with Crippen LogP contribution in [0.25, 0.3) is 0 Å². The average Bonchev–Trinajstić information content (AvgIpc) is 2.31. The van der Waals surface area contributed by atoms with Gasteiger partial charge in [-0.2, -0.15) is 12.8 Å². The minimum absolute atomic E-state index is 0.214. The zero-order valence-electron chi connectivity index (χ0n) is 11.8. The van der Waals surface area contributed by atoms with Crippen molar-refractivity contribution in [1.82, 2.24) is 0 Å². The molecule has 0 unspecified atom stereocenters. The third kappa shape index (κ3) is 3.39. The van der Waals surface area contributed by atoms with Gasteiger partial charge in [0.2, 0.25) is 0 Å². The number of aryl methyl sites for hydroxylation is 3. The van der Waals surface area contributed by atoms with E-state index in [0.29, 0.717) is 11.1 Å². The Morgan fingerprint density at radius 3 is 2.14 bits per heavy atom. The number of halogens is 1. The molecular formula is C15H14BrNO3S. The van der Waals surface area contributed by atoms with Crippen LogP contribution in [0, 0.1) is 20.8 Å². The zero-order valence-corrected chi connectivity index (χ0v) is 14.2. The molecule has 6 heteroatoms. The zero-order chi connectivity index (χ0) is 15.8. The van der Waals surface area contributed by atoms with Crippen LogP contribution < -0.4 is 0 Å². The molecule has 2 rings (SSSR count). The van der Waals surface area contributed by atoms with Crippen LogP contribution in [0.4, 0.5) is 0 Å². The van der Waals surface area contributed by atoms with E-state index in [1.54, 1.807) is 13.8 Å². The van der Waals surface area contributed by atoms with E-state index in [9.17, 15) is 13.2 Å². The number of hydrogen-bond donors (Lipinski definition) is 0. The molecule has 1 aliphatic carbocycles. The van der Waals surface area contributed by atoms with Gasteiger partial charge >= 0.3 is 0 Å². The fourth-order valence-corrected chi connectivity index (χ4v) is 4.09. The van der Waals surface area contributed by atoms with Crippen molar-refractivity contribution in [2.75, 3.05) is 0 Å². The molecule has 0 aliphatic heterocycles. The lowest BCUT2D eigenvalue weighted by molar-refractivity contribution is -0.110. The lowest BCUT2D eigenvalue weighted by Crippen LogP contribution is -2.09. The molecule has 0 spiro atoms. The topological polar surface area (TPSA) is 63.6 Å². The van der Waals surface area contributed by atoms with E-state index in [1.807, 2.05) is 19.1 Å². The van der Waals surface area contributed by atoms with Crippen LogP contribution in [0.3, 0.4) is 0 Å². The maximum atomic E-state index is 12.5. The third-order valence-corrected chi connectivity index (χ3v) is 5.23. The summed E-state index contributed by atoms with van der Waals surface area (Å²) in [6.07, 6.45) is 4.08. The Morgan fingerprint density at radius 1 is 1.05 bits per heavy atom. The van der Waals surface area contributed by atoms with Crippen molar-refractivity contribution in [1.29, 1.82) is 0 Å². The van der Waals surface area contributed by atoms with Gasteiger partial charge in [-0.05, 0) is 66.1 Å². The monoisotopic (exact) mass is 367 g/mol. The van der Waals surface area contributed by atoms with Gasteiger partial charge in [-0.1, -0.05) is 17.7 Å². The normalized spacial score (nSPS) is 17.2. The number of carbonyl (C=O) groups excluding carboxylic acids is 1. The van der Waals surface area contributed by atoms with Crippen molar-refractivity contribution < 1.29 is 13.2 Å². The number of ketones is 1. The van der Waals surface area contributed by atoms with Gasteiger partial charge < -0.3 is 0 Å². The quantitative estimate of drug-likeness (QED) is 0.754. The highest BCUT2D eigenvalue weighted by Crippen LogP contribution is 2.24. The Morgan fingerprint density at radius 2 is 1.62 bits per heavy atom. The number of carbonyl (C=O) groups is 1. The van der Waals surface area contributed by atoms with Crippen LogP contribution >= 0.6 is 15.9 Å². The number of rotatable bonds is 2. The minimum atomic E-state index is -3.82. The summed E-state index contributed by atoms with van der Waals surface area (Å²) >= 11 is 3.08. The van der Waals surface area contributed by atoms with Crippen LogP contribution in [0.2, 0.25) is 0 Å². The third-order valence-electron chi connectivity index (χ3n) is 3.00. The predicted molar refractivity (Wildman–Crippen MR) is 86.4 cm³/mol. The summed E-state index contributed by atoms with van der Waals surface area (Å²) in [6.45, 7) is 5.41. The Labute approximate surface area is 132 Å². The maximum Gasteiger partial charge on any atom is 0.283 e. The molecule has 1 aromatic carbocycles. The molecule has 0 N–H and O–H groups in total. The maximum absolute atomic E-state index is 12.5. The van der Waals surface area contributed by atoms with Crippen molar-refractivity contribution in [2.24, 2.45) is 4.40 Å². The van der Waals surface area contributed by atoms with Crippen molar-refractivity contribution >= 4 is 37.4 Å². The molecule has 0 fully saturated rings. The summed E-state index contributed by atoms with van der Waals surface area (Å²) in [5, 5.41) is 0. The number of nitrogens with zero attached hydrogens (tertiary/aromatic N) is 1. The lowest BCUT2D eigenvalue weighted by Gasteiger charge is -2.10. The fourth-order valence-electron chi connectivity index (χ4n) is 2.30. The summed E-state index contributed by atoms with van der Waals surface area (Å²) in [5.41, 5.74) is 2.55. The molecule has 110 valence electrons. The van der Waals surface area contributed by atoms with E-state index >= 15 is 0 Å². The van der Waals surface area contributed by atoms with Crippen LogP contribution in [0.5, 0.6) is 0 Å². The van der Waals surface area contributed by atoms with Crippen LogP contribution in [-0.4, -0.2) is 19.9 Å². The molecule has 0 amide bonds. The molecular weight excluding hydrogens is 354 g/mol. The SMILES string of the molecule is Cc1cc(C)c(S(=O)(=O)N=C2C=CC(=O)C(Br)=C2)c(C)c1. The first kappa shape index (κ1) is 15.9. The summed E-state index contributed by atoms with van der Waals surface area (Å²) in [5.74, 6) is -0.214. The first-order chi connectivity index (χ1) is 9.70. The van der Waals surface area contributed by atoms with E-state index < -0.39 is 10.0 Å². The van der Waals surface area contributed by atoms with E-state index in [4.69, 9.17) is 0 Å². The highest BCUT2D eigenvalue weighted by molar-refractivity contribution is 9.12. The molecule has 21 heavy (non-hydrogen) atoms. The van der Waals surface area contributed by atoms with Crippen LogP contribution in [-0.2, 0) is 14.8 Å². The number of hydrogen-bond acceptors (Lipinski definition) is 3. The first-order valence-corrected chi connectivity index (χ1v) is 8.46. The molecule has 0 saturated carbocycles. The van der Waals surface area contributed by atoms with E-state index in [-0.39, 0.29) is 20.9 Å². The van der Waals surface area contributed by atoms with Crippen LogP contribution in [0.15, 0.2) is 44.1 Å². The van der Waals surface area contributed by atoms with Crippen molar-refractivity contribution in [2.45, 2.75) is 25.7 Å². The molecule has 0 saturated heterocycles. The Bertz CT molecular complexity index is 794. The lowest BCUT2D eigenvalue weighted by atomic mass is 10.1. The van der Waals surface area contributed by atoms with Gasteiger partial charge in [-0.3, -0.25) is 4.79 Å². The second kappa shape index (κ2) is 5.69. The van der Waals surface area contributed by atoms with Crippen molar-refractivity contribution in [3.8, 4) is 0 Å². The molecule has 4 nitrogen and oxygen atoms in total. The number of allylic oxidation sites excluding steroid dienone is 4. The van der Waals surface area contributed by atoms with Gasteiger partial charge in [0, 0.05) is 0 Å². The second-order valence-corrected chi connectivity index (χ2v) is 7.30. The van der Waals surface area contributed by atoms with E-state index in [0.717, 1.165) is 5.56 Å². The number of benzene rings is 1. The van der Waals surface area contributed by atoms with Crippen molar-refractivity contribution in [3.05, 3.63) is 51.5 Å². The second-order valence-electron chi connectivity index (χ2n) is 4.91. The highest BCUT2D eigenvalue weighted by atomic mass is 79.9.